The molecule has 0 aliphatic carbocycles. The molecular weight excluding hydrogens is 258 g/mol. The third-order valence-electron chi connectivity index (χ3n) is 3.02. The van der Waals surface area contributed by atoms with Gasteiger partial charge in [0.25, 0.3) is 0 Å². The van der Waals surface area contributed by atoms with Crippen LogP contribution in [0.4, 0.5) is 5.69 Å². The highest BCUT2D eigenvalue weighted by atomic mass is 32.2. The van der Waals surface area contributed by atoms with Gasteiger partial charge in [0, 0.05) is 18.0 Å². The highest BCUT2D eigenvalue weighted by molar-refractivity contribution is 7.99. The number of rotatable bonds is 3. The highest BCUT2D eigenvalue weighted by Gasteiger charge is 2.19. The summed E-state index contributed by atoms with van der Waals surface area (Å²) in [6, 6.07) is 8.14. The number of hydrogen-bond donors (Lipinski definition) is 1. The first-order valence-electron chi connectivity index (χ1n) is 6.43. The fraction of sp³-hybridized carbons (Fsp3) is 0.429. The summed E-state index contributed by atoms with van der Waals surface area (Å²) in [5.41, 5.74) is 1.56. The topological polar surface area (TPSA) is 56.1 Å². The van der Waals surface area contributed by atoms with Crippen LogP contribution in [0, 0.1) is 11.3 Å². The van der Waals surface area contributed by atoms with Crippen LogP contribution in [-0.4, -0.2) is 31.3 Å². The molecule has 5 heteroatoms. The molecule has 1 N–H and O–H groups in total. The highest BCUT2D eigenvalue weighted by Crippen LogP contribution is 2.30. The van der Waals surface area contributed by atoms with Gasteiger partial charge in [0.1, 0.15) is 6.07 Å². The van der Waals surface area contributed by atoms with Crippen LogP contribution in [0.1, 0.15) is 18.9 Å². The van der Waals surface area contributed by atoms with Crippen LogP contribution in [0.3, 0.4) is 0 Å². The first-order chi connectivity index (χ1) is 9.26. The molecule has 1 fully saturated rings. The van der Waals surface area contributed by atoms with Gasteiger partial charge in [-0.1, -0.05) is 13.0 Å². The van der Waals surface area contributed by atoms with E-state index in [-0.39, 0.29) is 5.91 Å². The monoisotopic (exact) mass is 275 g/mol. The van der Waals surface area contributed by atoms with E-state index in [9.17, 15) is 10.1 Å². The summed E-state index contributed by atoms with van der Waals surface area (Å²) < 4.78 is 0. The molecule has 0 aromatic heterocycles. The van der Waals surface area contributed by atoms with E-state index in [4.69, 9.17) is 0 Å². The number of amides is 1. The van der Waals surface area contributed by atoms with E-state index in [0.717, 1.165) is 29.3 Å². The lowest BCUT2D eigenvalue weighted by Crippen LogP contribution is -2.33. The number of anilines is 1. The minimum atomic E-state index is 0.0231. The Hall–Kier alpha value is -1.67. The van der Waals surface area contributed by atoms with Gasteiger partial charge < -0.3 is 10.2 Å². The number of nitrogens with one attached hydrogen (secondary N) is 1. The molecule has 0 radical (unpaired) electrons. The van der Waals surface area contributed by atoms with Crippen LogP contribution in [0.5, 0.6) is 0 Å². The molecule has 19 heavy (non-hydrogen) atoms. The average molecular weight is 275 g/mol. The lowest BCUT2D eigenvalue weighted by atomic mass is 10.1. The van der Waals surface area contributed by atoms with E-state index in [1.54, 1.807) is 11.8 Å². The Morgan fingerprint density at radius 3 is 3.11 bits per heavy atom. The summed E-state index contributed by atoms with van der Waals surface area (Å²) in [4.78, 5) is 14.6. The van der Waals surface area contributed by atoms with Gasteiger partial charge in [-0.15, -0.1) is 11.8 Å². The first kappa shape index (κ1) is 13.8. The van der Waals surface area contributed by atoms with Crippen molar-refractivity contribution < 1.29 is 4.79 Å². The maximum Gasteiger partial charge on any atom is 0.239 e. The molecular formula is C14H17N3OS. The minimum Gasteiger partial charge on any atom is -0.361 e. The zero-order chi connectivity index (χ0) is 13.7. The van der Waals surface area contributed by atoms with Gasteiger partial charge in [0.2, 0.25) is 5.91 Å². The Morgan fingerprint density at radius 2 is 2.37 bits per heavy atom. The Balaban J connectivity index is 2.35. The zero-order valence-electron chi connectivity index (χ0n) is 11.0. The number of hydrogen-bond acceptors (Lipinski definition) is 4. The third kappa shape index (κ3) is 3.21. The Labute approximate surface area is 117 Å². The summed E-state index contributed by atoms with van der Waals surface area (Å²) in [6.07, 6.45) is 0.905. The van der Waals surface area contributed by atoms with Gasteiger partial charge >= 0.3 is 0 Å². The fourth-order valence-corrected chi connectivity index (χ4v) is 2.96. The number of carbonyl (C=O) groups excluding carboxylic acids is 1. The predicted octanol–water partition coefficient (Wildman–Crippen LogP) is 2.00. The second-order valence-electron chi connectivity index (χ2n) is 4.32. The largest absolute Gasteiger partial charge is 0.361 e. The van der Waals surface area contributed by atoms with Crippen molar-refractivity contribution >= 4 is 23.4 Å². The van der Waals surface area contributed by atoms with Crippen LogP contribution in [0.15, 0.2) is 23.1 Å². The van der Waals surface area contributed by atoms with Crippen molar-refractivity contribution in [3.8, 4) is 6.07 Å². The van der Waals surface area contributed by atoms with Crippen molar-refractivity contribution in [1.29, 1.82) is 5.26 Å². The first-order valence-corrected chi connectivity index (χ1v) is 7.42. The van der Waals surface area contributed by atoms with Gasteiger partial charge in [-0.05, 0) is 24.3 Å². The normalized spacial score (nSPS) is 15.6. The van der Waals surface area contributed by atoms with Crippen LogP contribution in [-0.2, 0) is 4.79 Å². The number of carbonyl (C=O) groups is 1. The molecule has 0 saturated carbocycles. The molecule has 1 amide bonds. The summed E-state index contributed by atoms with van der Waals surface area (Å²) >= 11 is 1.66. The minimum absolute atomic E-state index is 0.0231. The second kappa shape index (κ2) is 6.48. The van der Waals surface area contributed by atoms with Gasteiger partial charge in [-0.3, -0.25) is 4.79 Å². The lowest BCUT2D eigenvalue weighted by molar-refractivity contribution is -0.119. The molecule has 1 aliphatic rings. The van der Waals surface area contributed by atoms with Crippen molar-refractivity contribution in [1.82, 2.24) is 5.32 Å². The van der Waals surface area contributed by atoms with E-state index in [1.165, 1.54) is 0 Å². The van der Waals surface area contributed by atoms with Crippen LogP contribution in [0.2, 0.25) is 0 Å². The predicted molar refractivity (Wildman–Crippen MR) is 77.4 cm³/mol. The van der Waals surface area contributed by atoms with Crippen LogP contribution in [0.25, 0.3) is 0 Å². The van der Waals surface area contributed by atoms with Gasteiger partial charge in [0.05, 0.1) is 17.8 Å². The summed E-state index contributed by atoms with van der Waals surface area (Å²) in [6.45, 7) is 3.90. The van der Waals surface area contributed by atoms with Crippen molar-refractivity contribution in [2.75, 3.05) is 30.3 Å². The average Bonchev–Trinajstić information content (AvgIpc) is 2.63. The quantitative estimate of drug-likeness (QED) is 0.857. The Kier molecular flexibility index (Phi) is 4.69. The standard InChI is InChI=1S/C14H17N3OS/c1-2-19-13-6-3-5-12(11(13)9-15)17-8-4-7-16-14(18)10-17/h3,5-6H,2,4,7-8,10H2,1H3,(H,16,18). The second-order valence-corrected chi connectivity index (χ2v) is 5.63. The SMILES string of the molecule is CCSc1cccc(N2CCCNC(=O)C2)c1C#N. The molecule has 1 aliphatic heterocycles. The number of nitriles is 1. The van der Waals surface area contributed by atoms with E-state index in [0.29, 0.717) is 18.7 Å². The summed E-state index contributed by atoms with van der Waals surface area (Å²) in [5, 5.41) is 12.3. The Morgan fingerprint density at radius 1 is 1.53 bits per heavy atom. The number of benzene rings is 1. The van der Waals surface area contributed by atoms with Gasteiger partial charge in [-0.2, -0.15) is 5.26 Å². The van der Waals surface area contributed by atoms with Crippen molar-refractivity contribution in [3.05, 3.63) is 23.8 Å². The molecule has 0 unspecified atom stereocenters. The molecule has 4 nitrogen and oxygen atoms in total. The Bertz CT molecular complexity index is 510. The molecule has 1 heterocycles. The van der Waals surface area contributed by atoms with E-state index in [2.05, 4.69) is 18.3 Å². The number of nitrogens with zero attached hydrogens (tertiary/aromatic N) is 2. The fourth-order valence-electron chi connectivity index (χ4n) is 2.18. The van der Waals surface area contributed by atoms with Crippen molar-refractivity contribution in [3.63, 3.8) is 0 Å². The van der Waals surface area contributed by atoms with E-state index < -0.39 is 0 Å². The molecule has 1 saturated heterocycles. The van der Waals surface area contributed by atoms with Gasteiger partial charge in [0.15, 0.2) is 0 Å². The van der Waals surface area contributed by atoms with Crippen LogP contribution < -0.4 is 10.2 Å². The van der Waals surface area contributed by atoms with Crippen LogP contribution >= 0.6 is 11.8 Å². The third-order valence-corrected chi connectivity index (χ3v) is 3.96. The molecule has 0 atom stereocenters. The maximum atomic E-state index is 11.6. The molecule has 2 rings (SSSR count). The lowest BCUT2D eigenvalue weighted by Gasteiger charge is -2.23. The number of thioether (sulfide) groups is 1. The summed E-state index contributed by atoms with van der Waals surface area (Å²) in [5.74, 6) is 0.952. The molecule has 0 spiro atoms. The van der Waals surface area contributed by atoms with Crippen molar-refractivity contribution in [2.24, 2.45) is 0 Å². The maximum absolute atomic E-state index is 11.6. The zero-order valence-corrected chi connectivity index (χ0v) is 11.8. The van der Waals surface area contributed by atoms with Crippen molar-refractivity contribution in [2.45, 2.75) is 18.2 Å². The molecule has 100 valence electrons. The molecule has 1 aromatic carbocycles. The van der Waals surface area contributed by atoms with E-state index >= 15 is 0 Å². The summed E-state index contributed by atoms with van der Waals surface area (Å²) in [7, 11) is 0. The molecule has 0 bridgehead atoms. The van der Waals surface area contributed by atoms with E-state index in [1.807, 2.05) is 23.1 Å². The van der Waals surface area contributed by atoms with Gasteiger partial charge in [-0.25, -0.2) is 0 Å². The molecule has 1 aromatic rings. The smallest absolute Gasteiger partial charge is 0.239 e.